The third-order valence-electron chi connectivity index (χ3n) is 3.47. The van der Waals surface area contributed by atoms with Gasteiger partial charge < -0.3 is 4.74 Å². The monoisotopic (exact) mass is 355 g/mol. The molecule has 0 N–H and O–H groups in total. The lowest BCUT2D eigenvalue weighted by Crippen LogP contribution is -2.48. The predicted octanol–water partition coefficient (Wildman–Crippen LogP) is 3.02. The van der Waals surface area contributed by atoms with Crippen LogP contribution in [0.5, 0.6) is 0 Å². The van der Waals surface area contributed by atoms with Gasteiger partial charge in [0.05, 0.1) is 23.1 Å². The summed E-state index contributed by atoms with van der Waals surface area (Å²) >= 11 is 11.5. The van der Waals surface area contributed by atoms with E-state index in [9.17, 15) is 12.8 Å². The molecule has 8 heteroatoms. The van der Waals surface area contributed by atoms with E-state index in [4.69, 9.17) is 27.9 Å². The summed E-state index contributed by atoms with van der Waals surface area (Å²) in [5, 5.41) is -0.141. The molecule has 1 aromatic carbocycles. The molecule has 1 aliphatic heterocycles. The van der Waals surface area contributed by atoms with E-state index in [-0.39, 0.29) is 33.9 Å². The van der Waals surface area contributed by atoms with Gasteiger partial charge in [-0.05, 0) is 24.1 Å². The lowest BCUT2D eigenvalue weighted by Gasteiger charge is -2.34. The van der Waals surface area contributed by atoms with E-state index < -0.39 is 15.8 Å². The van der Waals surface area contributed by atoms with Crippen molar-refractivity contribution >= 4 is 33.2 Å². The van der Waals surface area contributed by atoms with Crippen LogP contribution in [0.2, 0.25) is 5.02 Å². The SMILES string of the molecule is CCC1COCCN1S(=O)(=O)c1cc(F)c(Cl)c(CCl)c1. The lowest BCUT2D eigenvalue weighted by molar-refractivity contribution is 0.0314. The number of rotatable bonds is 4. The highest BCUT2D eigenvalue weighted by atomic mass is 35.5. The Morgan fingerprint density at radius 2 is 2.19 bits per heavy atom. The van der Waals surface area contributed by atoms with Crippen LogP contribution in [0.3, 0.4) is 0 Å². The maximum Gasteiger partial charge on any atom is 0.243 e. The first-order valence-corrected chi connectivity index (χ1v) is 8.90. The molecule has 2 rings (SSSR count). The Bertz CT molecular complexity index is 624. The van der Waals surface area contributed by atoms with Crippen molar-refractivity contribution in [2.75, 3.05) is 19.8 Å². The maximum absolute atomic E-state index is 13.8. The summed E-state index contributed by atoms with van der Waals surface area (Å²) in [5.74, 6) is -0.839. The van der Waals surface area contributed by atoms with Gasteiger partial charge in [-0.3, -0.25) is 0 Å². The first-order valence-electron chi connectivity index (χ1n) is 6.55. The molecule has 0 saturated carbocycles. The van der Waals surface area contributed by atoms with Gasteiger partial charge in [0.15, 0.2) is 0 Å². The van der Waals surface area contributed by atoms with Crippen molar-refractivity contribution in [2.45, 2.75) is 30.2 Å². The van der Waals surface area contributed by atoms with Crippen molar-refractivity contribution in [1.29, 1.82) is 0 Å². The molecule has 0 aromatic heterocycles. The van der Waals surface area contributed by atoms with E-state index >= 15 is 0 Å². The number of benzene rings is 1. The van der Waals surface area contributed by atoms with Gasteiger partial charge in [0.25, 0.3) is 0 Å². The summed E-state index contributed by atoms with van der Waals surface area (Å²) in [6.07, 6.45) is 0.623. The fraction of sp³-hybridized carbons (Fsp3) is 0.538. The van der Waals surface area contributed by atoms with Crippen LogP contribution >= 0.6 is 23.2 Å². The van der Waals surface area contributed by atoms with Gasteiger partial charge in [0.1, 0.15) is 5.82 Å². The van der Waals surface area contributed by atoms with Crippen LogP contribution in [-0.2, 0) is 20.6 Å². The van der Waals surface area contributed by atoms with Crippen LogP contribution in [0.1, 0.15) is 18.9 Å². The fourth-order valence-electron chi connectivity index (χ4n) is 2.28. The molecular weight excluding hydrogens is 340 g/mol. The first-order chi connectivity index (χ1) is 9.91. The molecule has 118 valence electrons. The van der Waals surface area contributed by atoms with Gasteiger partial charge in [0.2, 0.25) is 10.0 Å². The predicted molar refractivity (Wildman–Crippen MR) is 79.8 cm³/mol. The summed E-state index contributed by atoms with van der Waals surface area (Å²) in [4.78, 5) is -0.125. The molecule has 0 radical (unpaired) electrons. The second-order valence-electron chi connectivity index (χ2n) is 4.76. The first kappa shape index (κ1) is 17.0. The minimum absolute atomic E-state index is 0.0561. The number of sulfonamides is 1. The van der Waals surface area contributed by atoms with Crippen molar-refractivity contribution in [2.24, 2.45) is 0 Å². The van der Waals surface area contributed by atoms with Gasteiger partial charge in [-0.1, -0.05) is 18.5 Å². The topological polar surface area (TPSA) is 46.6 Å². The molecule has 0 bridgehead atoms. The number of hydrogen-bond donors (Lipinski definition) is 0. The Kier molecular flexibility index (Phi) is 5.48. The van der Waals surface area contributed by atoms with Crippen molar-refractivity contribution in [3.05, 3.63) is 28.5 Å². The number of hydrogen-bond acceptors (Lipinski definition) is 3. The van der Waals surface area contributed by atoms with Crippen LogP contribution < -0.4 is 0 Å². The summed E-state index contributed by atoms with van der Waals surface area (Å²) in [7, 11) is -3.80. The Hall–Kier alpha value is -0.400. The number of halogens is 3. The van der Waals surface area contributed by atoms with Gasteiger partial charge in [-0.2, -0.15) is 4.31 Å². The van der Waals surface area contributed by atoms with Crippen LogP contribution in [0.4, 0.5) is 4.39 Å². The van der Waals surface area contributed by atoms with E-state index in [0.29, 0.717) is 19.6 Å². The van der Waals surface area contributed by atoms with Crippen molar-refractivity contribution < 1.29 is 17.5 Å². The second-order valence-corrected chi connectivity index (χ2v) is 7.30. The zero-order valence-corrected chi connectivity index (χ0v) is 13.8. The minimum atomic E-state index is -3.80. The van der Waals surface area contributed by atoms with E-state index in [1.54, 1.807) is 0 Å². The highest BCUT2D eigenvalue weighted by molar-refractivity contribution is 7.89. The fourth-order valence-corrected chi connectivity index (χ4v) is 4.46. The van der Waals surface area contributed by atoms with Gasteiger partial charge in [0, 0.05) is 18.5 Å². The van der Waals surface area contributed by atoms with E-state index in [1.807, 2.05) is 6.92 Å². The Balaban J connectivity index is 2.46. The summed E-state index contributed by atoms with van der Waals surface area (Å²) < 4.78 is 45.9. The standard InChI is InChI=1S/C13H16Cl2FNO3S/c1-2-10-8-20-4-3-17(10)21(18,19)11-5-9(7-14)13(15)12(16)6-11/h5-6,10H,2-4,7-8H2,1H3. The quantitative estimate of drug-likeness (QED) is 0.780. The van der Waals surface area contributed by atoms with Crippen LogP contribution in [0, 0.1) is 5.82 Å². The molecule has 1 heterocycles. The minimum Gasteiger partial charge on any atom is -0.378 e. The molecule has 1 saturated heterocycles. The van der Waals surface area contributed by atoms with E-state index in [0.717, 1.165) is 6.07 Å². The molecular formula is C13H16Cl2FNO3S. The maximum atomic E-state index is 13.8. The van der Waals surface area contributed by atoms with Gasteiger partial charge in [-0.25, -0.2) is 12.8 Å². The van der Waals surface area contributed by atoms with Crippen molar-refractivity contribution in [3.63, 3.8) is 0 Å². The summed E-state index contributed by atoms with van der Waals surface area (Å²) in [5.41, 5.74) is 0.262. The van der Waals surface area contributed by atoms with Crippen LogP contribution in [-0.4, -0.2) is 38.5 Å². The third kappa shape index (κ3) is 3.35. The third-order valence-corrected chi connectivity index (χ3v) is 6.11. The second kappa shape index (κ2) is 6.79. The lowest BCUT2D eigenvalue weighted by atomic mass is 10.2. The molecule has 0 amide bonds. The van der Waals surface area contributed by atoms with E-state index in [1.165, 1.54) is 10.4 Å². The van der Waals surface area contributed by atoms with Crippen molar-refractivity contribution in [3.8, 4) is 0 Å². The molecule has 1 aliphatic rings. The van der Waals surface area contributed by atoms with Gasteiger partial charge >= 0.3 is 0 Å². The average molecular weight is 356 g/mol. The molecule has 4 nitrogen and oxygen atoms in total. The van der Waals surface area contributed by atoms with Gasteiger partial charge in [-0.15, -0.1) is 11.6 Å². The number of nitrogens with zero attached hydrogens (tertiary/aromatic N) is 1. The normalized spacial score (nSPS) is 20.7. The average Bonchev–Trinajstić information content (AvgIpc) is 2.49. The van der Waals surface area contributed by atoms with Crippen LogP contribution in [0.15, 0.2) is 17.0 Å². The zero-order chi connectivity index (χ0) is 15.6. The number of morpholine rings is 1. The highest BCUT2D eigenvalue weighted by Gasteiger charge is 2.33. The van der Waals surface area contributed by atoms with Crippen molar-refractivity contribution in [1.82, 2.24) is 4.31 Å². The largest absolute Gasteiger partial charge is 0.378 e. The van der Waals surface area contributed by atoms with E-state index in [2.05, 4.69) is 0 Å². The Labute approximate surface area is 133 Å². The molecule has 1 aromatic rings. The summed E-state index contributed by atoms with van der Waals surface area (Å²) in [6.45, 7) is 2.80. The summed E-state index contributed by atoms with van der Waals surface area (Å²) in [6, 6.07) is 2.02. The molecule has 0 aliphatic carbocycles. The number of alkyl halides is 1. The molecule has 1 unspecified atom stereocenters. The zero-order valence-electron chi connectivity index (χ0n) is 11.5. The Morgan fingerprint density at radius 1 is 1.48 bits per heavy atom. The van der Waals surface area contributed by atoms with Crippen LogP contribution in [0.25, 0.3) is 0 Å². The molecule has 0 spiro atoms. The molecule has 21 heavy (non-hydrogen) atoms. The molecule has 1 atom stereocenters. The molecule has 1 fully saturated rings. The Morgan fingerprint density at radius 3 is 2.81 bits per heavy atom. The smallest absolute Gasteiger partial charge is 0.243 e. The highest BCUT2D eigenvalue weighted by Crippen LogP contribution is 2.29. The number of ether oxygens (including phenoxy) is 1.